The van der Waals surface area contributed by atoms with Crippen molar-refractivity contribution in [3.05, 3.63) is 17.2 Å². The monoisotopic (exact) mass is 247 g/mol. The van der Waals surface area contributed by atoms with Crippen molar-refractivity contribution < 1.29 is 0 Å². The predicted molar refractivity (Wildman–Crippen MR) is 73.6 cm³/mol. The van der Waals surface area contributed by atoms with Crippen LogP contribution < -0.4 is 5.32 Å². The average molecular weight is 247 g/mol. The van der Waals surface area contributed by atoms with Crippen LogP contribution in [-0.4, -0.2) is 16.1 Å². The van der Waals surface area contributed by atoms with Crippen LogP contribution in [0.3, 0.4) is 0 Å². The molecule has 2 heterocycles. The van der Waals surface area contributed by atoms with Crippen LogP contribution in [0.25, 0.3) is 0 Å². The second-order valence-electron chi connectivity index (χ2n) is 6.02. The molecule has 1 N–H and O–H groups in total. The van der Waals surface area contributed by atoms with E-state index in [1.807, 2.05) is 0 Å². The van der Waals surface area contributed by atoms with Crippen molar-refractivity contribution in [3.63, 3.8) is 0 Å². The van der Waals surface area contributed by atoms with Gasteiger partial charge in [0.25, 0.3) is 0 Å². The molecule has 0 saturated heterocycles. The number of hydrogen-bond acceptors (Lipinski definition) is 2. The molecule has 1 aromatic heterocycles. The smallest absolute Gasteiger partial charge is 0.106 e. The highest BCUT2D eigenvalue weighted by Crippen LogP contribution is 2.43. The summed E-state index contributed by atoms with van der Waals surface area (Å²) >= 11 is 0. The van der Waals surface area contributed by atoms with Gasteiger partial charge in [0, 0.05) is 31.2 Å². The van der Waals surface area contributed by atoms with Crippen molar-refractivity contribution in [1.82, 2.24) is 14.9 Å². The Hall–Kier alpha value is -0.830. The Balaban J connectivity index is 1.95. The van der Waals surface area contributed by atoms with Crippen LogP contribution >= 0.6 is 0 Å². The minimum Gasteiger partial charge on any atom is -0.329 e. The van der Waals surface area contributed by atoms with Crippen molar-refractivity contribution in [2.45, 2.75) is 59.0 Å². The Morgan fingerprint density at radius 1 is 1.39 bits per heavy atom. The van der Waals surface area contributed by atoms with E-state index < -0.39 is 0 Å². The van der Waals surface area contributed by atoms with Crippen LogP contribution in [0.5, 0.6) is 0 Å². The van der Waals surface area contributed by atoms with E-state index in [0.717, 1.165) is 31.3 Å². The molecule has 1 aromatic rings. The number of fused-ring (bicyclic) bond motifs is 1. The quantitative estimate of drug-likeness (QED) is 0.871. The van der Waals surface area contributed by atoms with Crippen molar-refractivity contribution in [2.75, 3.05) is 6.54 Å². The number of rotatable bonds is 2. The molecule has 0 radical (unpaired) electrons. The molecule has 0 amide bonds. The van der Waals surface area contributed by atoms with Gasteiger partial charge in [0.05, 0.1) is 5.69 Å². The first-order valence-electron chi connectivity index (χ1n) is 7.49. The highest BCUT2D eigenvalue weighted by atomic mass is 15.1. The molecule has 1 saturated carbocycles. The van der Waals surface area contributed by atoms with Crippen LogP contribution in [0, 0.1) is 18.8 Å². The van der Waals surface area contributed by atoms with E-state index in [4.69, 9.17) is 4.98 Å². The first-order chi connectivity index (χ1) is 8.72. The van der Waals surface area contributed by atoms with Gasteiger partial charge in [-0.25, -0.2) is 4.98 Å². The molecule has 3 rings (SSSR count). The Kier molecular flexibility index (Phi) is 3.18. The molecule has 3 heteroatoms. The van der Waals surface area contributed by atoms with Crippen LogP contribution in [0.1, 0.15) is 56.4 Å². The molecular weight excluding hydrogens is 222 g/mol. The van der Waals surface area contributed by atoms with E-state index in [9.17, 15) is 0 Å². The summed E-state index contributed by atoms with van der Waals surface area (Å²) in [5, 5.41) is 3.43. The van der Waals surface area contributed by atoms with Crippen LogP contribution in [-0.2, 0) is 13.0 Å². The second-order valence-corrected chi connectivity index (χ2v) is 6.02. The first kappa shape index (κ1) is 12.2. The second kappa shape index (κ2) is 4.69. The van der Waals surface area contributed by atoms with Crippen LogP contribution in [0.15, 0.2) is 0 Å². The Morgan fingerprint density at radius 3 is 2.94 bits per heavy atom. The van der Waals surface area contributed by atoms with Crippen LogP contribution in [0.4, 0.5) is 0 Å². The number of hydrogen-bond donors (Lipinski definition) is 1. The average Bonchev–Trinajstić information content (AvgIpc) is 2.88. The number of aryl methyl sites for hydroxylation is 1. The lowest BCUT2D eigenvalue weighted by molar-refractivity contribution is 0.320. The summed E-state index contributed by atoms with van der Waals surface area (Å²) in [5.41, 5.74) is 2.81. The molecule has 3 unspecified atom stereocenters. The molecule has 2 aliphatic rings. The SMILES string of the molecule is CCC1CCC(n2c(C)nc3c2CCNC3)C1C. The van der Waals surface area contributed by atoms with Crippen LogP contribution in [0.2, 0.25) is 0 Å². The van der Waals surface area contributed by atoms with Gasteiger partial charge in [-0.2, -0.15) is 0 Å². The zero-order valence-corrected chi connectivity index (χ0v) is 11.9. The fourth-order valence-electron chi connectivity index (χ4n) is 4.07. The molecule has 0 spiro atoms. The van der Waals surface area contributed by atoms with Crippen molar-refractivity contribution in [3.8, 4) is 0 Å². The fraction of sp³-hybridized carbons (Fsp3) is 0.800. The third kappa shape index (κ3) is 1.80. The lowest BCUT2D eigenvalue weighted by Gasteiger charge is -2.25. The number of aromatic nitrogens is 2. The summed E-state index contributed by atoms with van der Waals surface area (Å²) < 4.78 is 2.58. The maximum atomic E-state index is 4.78. The third-order valence-electron chi connectivity index (χ3n) is 5.14. The van der Waals surface area contributed by atoms with E-state index in [2.05, 4.69) is 30.7 Å². The molecule has 0 bridgehead atoms. The normalized spacial score (nSPS) is 31.6. The van der Waals surface area contributed by atoms with Gasteiger partial charge < -0.3 is 9.88 Å². The largest absolute Gasteiger partial charge is 0.329 e. The third-order valence-corrected chi connectivity index (χ3v) is 5.14. The summed E-state index contributed by atoms with van der Waals surface area (Å²) in [6, 6.07) is 0.698. The highest BCUT2D eigenvalue weighted by molar-refractivity contribution is 5.21. The zero-order chi connectivity index (χ0) is 12.7. The van der Waals surface area contributed by atoms with Gasteiger partial charge in [0.1, 0.15) is 5.82 Å². The molecule has 0 aromatic carbocycles. The molecule has 100 valence electrons. The van der Waals surface area contributed by atoms with Gasteiger partial charge in [0.2, 0.25) is 0 Å². The molecule has 3 nitrogen and oxygen atoms in total. The molecule has 18 heavy (non-hydrogen) atoms. The number of nitrogens with one attached hydrogen (secondary N) is 1. The molecular formula is C15H25N3. The zero-order valence-electron chi connectivity index (χ0n) is 11.9. The summed E-state index contributed by atoms with van der Waals surface area (Å²) in [6.45, 7) is 9.03. The van der Waals surface area contributed by atoms with Gasteiger partial charge in [-0.1, -0.05) is 20.3 Å². The Morgan fingerprint density at radius 2 is 2.22 bits per heavy atom. The maximum absolute atomic E-state index is 4.78. The Bertz CT molecular complexity index is 435. The lowest BCUT2D eigenvalue weighted by atomic mass is 9.93. The summed E-state index contributed by atoms with van der Waals surface area (Å²) in [7, 11) is 0. The number of imidazole rings is 1. The van der Waals surface area contributed by atoms with Crippen molar-refractivity contribution in [1.29, 1.82) is 0 Å². The minimum absolute atomic E-state index is 0.698. The summed E-state index contributed by atoms with van der Waals surface area (Å²) in [5.74, 6) is 2.95. The predicted octanol–water partition coefficient (Wildman–Crippen LogP) is 2.83. The van der Waals surface area contributed by atoms with Gasteiger partial charge >= 0.3 is 0 Å². The van der Waals surface area contributed by atoms with Gasteiger partial charge in [-0.05, 0) is 31.6 Å². The molecule has 3 atom stereocenters. The first-order valence-corrected chi connectivity index (χ1v) is 7.49. The lowest BCUT2D eigenvalue weighted by Crippen LogP contribution is -2.27. The summed E-state index contributed by atoms with van der Waals surface area (Å²) in [4.78, 5) is 4.78. The molecule has 1 aliphatic carbocycles. The van der Waals surface area contributed by atoms with Gasteiger partial charge in [0.15, 0.2) is 0 Å². The summed E-state index contributed by atoms with van der Waals surface area (Å²) in [6.07, 6.45) is 5.22. The fourth-order valence-corrected chi connectivity index (χ4v) is 4.07. The Labute approximate surface area is 110 Å². The molecule has 1 aliphatic heterocycles. The van der Waals surface area contributed by atoms with E-state index in [1.54, 1.807) is 0 Å². The van der Waals surface area contributed by atoms with Gasteiger partial charge in [-0.3, -0.25) is 0 Å². The number of nitrogens with zero attached hydrogens (tertiary/aromatic N) is 2. The van der Waals surface area contributed by atoms with E-state index in [1.165, 1.54) is 36.5 Å². The van der Waals surface area contributed by atoms with E-state index in [0.29, 0.717) is 6.04 Å². The van der Waals surface area contributed by atoms with E-state index in [-0.39, 0.29) is 0 Å². The molecule has 1 fully saturated rings. The van der Waals surface area contributed by atoms with Crippen molar-refractivity contribution >= 4 is 0 Å². The topological polar surface area (TPSA) is 29.9 Å². The highest BCUT2D eigenvalue weighted by Gasteiger charge is 2.35. The minimum atomic E-state index is 0.698. The van der Waals surface area contributed by atoms with Crippen molar-refractivity contribution in [2.24, 2.45) is 11.8 Å². The maximum Gasteiger partial charge on any atom is 0.106 e. The standard InChI is InChI=1S/C15H25N3/c1-4-12-5-6-14(10(12)2)18-11(3)17-13-9-16-8-7-15(13)18/h10,12,14,16H,4-9H2,1-3H3. The van der Waals surface area contributed by atoms with Gasteiger partial charge in [-0.15, -0.1) is 0 Å². The van der Waals surface area contributed by atoms with E-state index >= 15 is 0 Å².